The van der Waals surface area contributed by atoms with E-state index in [4.69, 9.17) is 11.0 Å². The number of benzene rings is 4. The van der Waals surface area contributed by atoms with Crippen molar-refractivity contribution in [1.82, 2.24) is 0 Å². The standard InChI is InChI=1S/C44H40N2O/c1-6-30-20-25-46-29(2)35-18-17-33(31-12-8-7-9-13-31)27-38(35)39-28-34(44(3,4)5)22-24-45(39)23-21-32-16-19-37-36-14-10-11-15-41(36)47-43(37)42(32)40(46)26-30/h7-20,22,24-28H,2,6,21,23H2,1,3-5H3/q+2. The molecule has 1 aliphatic heterocycles. The van der Waals surface area contributed by atoms with Gasteiger partial charge in [-0.05, 0) is 64.4 Å². The smallest absolute Gasteiger partial charge is 0.222 e. The number of furan rings is 1. The van der Waals surface area contributed by atoms with Crippen LogP contribution in [0.4, 0.5) is 0 Å². The molecule has 4 heterocycles. The summed E-state index contributed by atoms with van der Waals surface area (Å²) in [5.41, 5.74) is 14.8. The van der Waals surface area contributed by atoms with Crippen molar-refractivity contribution in [3.8, 4) is 33.6 Å². The van der Waals surface area contributed by atoms with Crippen LogP contribution in [0.3, 0.4) is 0 Å². The van der Waals surface area contributed by atoms with Crippen molar-refractivity contribution in [2.75, 3.05) is 0 Å². The minimum absolute atomic E-state index is 0.00735. The highest BCUT2D eigenvalue weighted by Crippen LogP contribution is 2.40. The molecule has 3 nitrogen and oxygen atoms in total. The average molecular weight is 613 g/mol. The minimum Gasteiger partial charge on any atom is -0.455 e. The van der Waals surface area contributed by atoms with E-state index in [1.165, 1.54) is 39.1 Å². The van der Waals surface area contributed by atoms with Crippen molar-refractivity contribution in [3.63, 3.8) is 0 Å². The van der Waals surface area contributed by atoms with E-state index in [2.05, 4.69) is 152 Å². The van der Waals surface area contributed by atoms with Crippen molar-refractivity contribution in [3.05, 3.63) is 150 Å². The summed E-state index contributed by atoms with van der Waals surface area (Å²) in [5.74, 6) is 0. The molecule has 0 aliphatic carbocycles. The van der Waals surface area contributed by atoms with Crippen LogP contribution in [0.5, 0.6) is 0 Å². The molecule has 0 N–H and O–H groups in total. The van der Waals surface area contributed by atoms with E-state index >= 15 is 0 Å². The second-order valence-corrected chi connectivity index (χ2v) is 13.8. The fraction of sp³-hybridized carbons (Fsp3) is 0.182. The van der Waals surface area contributed by atoms with Gasteiger partial charge in [0.2, 0.25) is 17.1 Å². The maximum atomic E-state index is 6.72. The fourth-order valence-corrected chi connectivity index (χ4v) is 7.12. The molecule has 0 amide bonds. The predicted octanol–water partition coefficient (Wildman–Crippen LogP) is 10.1. The summed E-state index contributed by atoms with van der Waals surface area (Å²) in [7, 11) is 0. The maximum absolute atomic E-state index is 6.72. The first-order chi connectivity index (χ1) is 22.8. The second-order valence-electron chi connectivity index (χ2n) is 13.8. The number of hydrogen-bond donors (Lipinski definition) is 0. The zero-order valence-electron chi connectivity index (χ0n) is 27.7. The molecular formula is C44H40N2O+2. The molecule has 47 heavy (non-hydrogen) atoms. The van der Waals surface area contributed by atoms with Gasteiger partial charge in [0.05, 0.1) is 16.7 Å². The number of nitrogens with zero attached hydrogens (tertiary/aromatic N) is 2. The summed E-state index contributed by atoms with van der Waals surface area (Å²) in [6, 6.07) is 39.7. The lowest BCUT2D eigenvalue weighted by atomic mass is 9.86. The van der Waals surface area contributed by atoms with Gasteiger partial charge in [-0.15, -0.1) is 0 Å². The van der Waals surface area contributed by atoms with Gasteiger partial charge in [0.1, 0.15) is 11.2 Å². The summed E-state index contributed by atoms with van der Waals surface area (Å²) in [6.45, 7) is 14.7. The van der Waals surface area contributed by atoms with Gasteiger partial charge in [-0.1, -0.05) is 94.4 Å². The molecule has 1 aliphatic rings. The van der Waals surface area contributed by atoms with Crippen LogP contribution in [0.1, 0.15) is 49.9 Å². The third-order valence-electron chi connectivity index (χ3n) is 9.85. The molecule has 0 fully saturated rings. The number of aryl methyl sites for hydroxylation is 3. The number of hydrogen-bond acceptors (Lipinski definition) is 1. The molecule has 4 aromatic carbocycles. The van der Waals surface area contributed by atoms with Gasteiger partial charge in [0.25, 0.3) is 0 Å². The van der Waals surface area contributed by atoms with Crippen LogP contribution in [0.15, 0.2) is 133 Å². The average Bonchev–Trinajstić information content (AvgIpc) is 3.47. The Morgan fingerprint density at radius 1 is 0.723 bits per heavy atom. The van der Waals surface area contributed by atoms with Crippen LogP contribution < -0.4 is 9.13 Å². The van der Waals surface area contributed by atoms with Gasteiger partial charge in [0, 0.05) is 41.5 Å². The Bertz CT molecular complexity index is 2340. The summed E-state index contributed by atoms with van der Waals surface area (Å²) in [5, 5.41) is 2.29. The van der Waals surface area contributed by atoms with E-state index in [0.717, 1.165) is 63.8 Å². The Hall–Kier alpha value is -5.28. The van der Waals surface area contributed by atoms with Crippen LogP contribution in [0.2, 0.25) is 0 Å². The number of pyridine rings is 2. The third kappa shape index (κ3) is 4.98. The van der Waals surface area contributed by atoms with Gasteiger partial charge in [0.15, 0.2) is 18.9 Å². The van der Waals surface area contributed by atoms with Crippen LogP contribution in [-0.2, 0) is 24.8 Å². The van der Waals surface area contributed by atoms with E-state index < -0.39 is 0 Å². The predicted molar refractivity (Wildman–Crippen MR) is 193 cm³/mol. The molecular weight excluding hydrogens is 572 g/mol. The number of aromatic nitrogens is 2. The molecule has 0 saturated heterocycles. The zero-order valence-corrected chi connectivity index (χ0v) is 27.7. The normalized spacial score (nSPS) is 13.1. The van der Waals surface area contributed by atoms with Crippen LogP contribution >= 0.6 is 0 Å². The van der Waals surface area contributed by atoms with Gasteiger partial charge in [-0.25, -0.2) is 0 Å². The van der Waals surface area contributed by atoms with Crippen molar-refractivity contribution >= 4 is 27.6 Å². The Balaban J connectivity index is 1.46. The highest BCUT2D eigenvalue weighted by Gasteiger charge is 2.31. The first-order valence-electron chi connectivity index (χ1n) is 16.7. The lowest BCUT2D eigenvalue weighted by molar-refractivity contribution is -0.685. The Morgan fingerprint density at radius 3 is 2.34 bits per heavy atom. The highest BCUT2D eigenvalue weighted by molar-refractivity contribution is 6.09. The lowest BCUT2D eigenvalue weighted by Crippen LogP contribution is -2.38. The summed E-state index contributed by atoms with van der Waals surface area (Å²) < 4.78 is 11.4. The van der Waals surface area contributed by atoms with E-state index in [1.54, 1.807) is 0 Å². The molecule has 0 saturated carbocycles. The first kappa shape index (κ1) is 29.1. The van der Waals surface area contributed by atoms with E-state index in [1.807, 2.05) is 6.07 Å². The van der Waals surface area contributed by atoms with Crippen LogP contribution in [0, 0.1) is 0 Å². The van der Waals surface area contributed by atoms with Crippen molar-refractivity contribution < 1.29 is 13.6 Å². The van der Waals surface area contributed by atoms with E-state index in [9.17, 15) is 0 Å². The van der Waals surface area contributed by atoms with Crippen LogP contribution in [0.25, 0.3) is 61.3 Å². The lowest BCUT2D eigenvalue weighted by Gasteiger charge is -2.20. The third-order valence-corrected chi connectivity index (χ3v) is 9.85. The number of rotatable bonds is 2. The molecule has 0 atom stereocenters. The molecule has 7 aromatic rings. The summed E-state index contributed by atoms with van der Waals surface area (Å²) in [4.78, 5) is 0. The SMILES string of the molecule is C=C1c2ccc(-c3ccccc3)cc2-c2cc(C(C)(C)C)cc[n+]2CCc2ccc3c(oc4ccccc43)c2-c2cc(CC)cc[n+]21. The quantitative estimate of drug-likeness (QED) is 0.178. The molecule has 8 rings (SSSR count). The van der Waals surface area contributed by atoms with Crippen LogP contribution in [-0.4, -0.2) is 0 Å². The van der Waals surface area contributed by atoms with E-state index in [-0.39, 0.29) is 5.41 Å². The highest BCUT2D eigenvalue weighted by atomic mass is 16.3. The molecule has 0 radical (unpaired) electrons. The van der Waals surface area contributed by atoms with Gasteiger partial charge in [-0.2, -0.15) is 9.13 Å². The molecule has 0 bridgehead atoms. The Morgan fingerprint density at radius 2 is 1.53 bits per heavy atom. The monoisotopic (exact) mass is 612 g/mol. The Labute approximate surface area is 277 Å². The topological polar surface area (TPSA) is 20.9 Å². The summed E-state index contributed by atoms with van der Waals surface area (Å²) >= 11 is 0. The molecule has 3 heteroatoms. The maximum Gasteiger partial charge on any atom is 0.222 e. The van der Waals surface area contributed by atoms with Gasteiger partial charge < -0.3 is 4.42 Å². The van der Waals surface area contributed by atoms with Crippen molar-refractivity contribution in [2.45, 2.75) is 52.5 Å². The molecule has 0 unspecified atom stereocenters. The Kier molecular flexibility index (Phi) is 6.95. The number of para-hydroxylation sites is 1. The van der Waals surface area contributed by atoms with E-state index in [0.29, 0.717) is 0 Å². The first-order valence-corrected chi connectivity index (χ1v) is 16.7. The van der Waals surface area contributed by atoms with Gasteiger partial charge in [-0.3, -0.25) is 0 Å². The molecule has 230 valence electrons. The van der Waals surface area contributed by atoms with Crippen molar-refractivity contribution in [2.24, 2.45) is 0 Å². The van der Waals surface area contributed by atoms with Crippen molar-refractivity contribution in [1.29, 1.82) is 0 Å². The zero-order chi connectivity index (χ0) is 32.3. The number of fused-ring (bicyclic) bond motifs is 10. The van der Waals surface area contributed by atoms with Gasteiger partial charge >= 0.3 is 0 Å². The molecule has 3 aromatic heterocycles. The minimum atomic E-state index is 0.00735. The second kappa shape index (κ2) is 11.2. The summed E-state index contributed by atoms with van der Waals surface area (Å²) in [6.07, 6.45) is 6.28. The molecule has 0 spiro atoms. The fourth-order valence-electron chi connectivity index (χ4n) is 7.12. The largest absolute Gasteiger partial charge is 0.455 e.